The fraction of sp³-hybridized carbons (Fsp3) is 0.619. The van der Waals surface area contributed by atoms with Crippen molar-refractivity contribution in [3.63, 3.8) is 0 Å². The monoisotopic (exact) mass is 372 g/mol. The lowest BCUT2D eigenvalue weighted by atomic mass is 9.97. The number of nitrogens with one attached hydrogen (secondary N) is 2. The molecule has 6 nitrogen and oxygen atoms in total. The number of hydrogen-bond donors (Lipinski definition) is 2. The summed E-state index contributed by atoms with van der Waals surface area (Å²) in [4.78, 5) is 13.7. The van der Waals surface area contributed by atoms with Crippen molar-refractivity contribution in [3.05, 3.63) is 23.3 Å². The van der Waals surface area contributed by atoms with Gasteiger partial charge in [-0.15, -0.1) is 0 Å². The van der Waals surface area contributed by atoms with Gasteiger partial charge in [-0.3, -0.25) is 4.79 Å². The van der Waals surface area contributed by atoms with Crippen molar-refractivity contribution in [1.29, 1.82) is 5.26 Å². The first-order valence-corrected chi connectivity index (χ1v) is 9.96. The van der Waals surface area contributed by atoms with Gasteiger partial charge in [0.2, 0.25) is 0 Å². The van der Waals surface area contributed by atoms with Gasteiger partial charge >= 0.3 is 0 Å². The Morgan fingerprint density at radius 2 is 1.89 bits per heavy atom. The molecule has 1 saturated carbocycles. The van der Waals surface area contributed by atoms with Crippen LogP contribution < -0.4 is 19.7 Å². The lowest BCUT2D eigenvalue weighted by Gasteiger charge is -2.28. The largest absolute Gasteiger partial charge is 0.490 e. The Hall–Kier alpha value is -2.26. The highest BCUT2D eigenvalue weighted by Gasteiger charge is 2.43. The van der Waals surface area contributed by atoms with Crippen LogP contribution in [0.2, 0.25) is 0 Å². The van der Waals surface area contributed by atoms with Crippen LogP contribution in [0.3, 0.4) is 0 Å². The molecule has 1 heterocycles. The first kappa shape index (κ1) is 19.5. The average Bonchev–Trinajstić information content (AvgIpc) is 3.48. The second-order valence-electron chi connectivity index (χ2n) is 7.67. The fourth-order valence-corrected chi connectivity index (χ4v) is 3.84. The van der Waals surface area contributed by atoms with Gasteiger partial charge in [-0.1, -0.05) is 0 Å². The average molecular weight is 372 g/mol. The highest BCUT2D eigenvalue weighted by Crippen LogP contribution is 2.39. The van der Waals surface area contributed by atoms with E-state index in [0.717, 1.165) is 43.9 Å². The first-order valence-electron chi connectivity index (χ1n) is 9.96. The van der Waals surface area contributed by atoms with Crippen LogP contribution in [0, 0.1) is 17.2 Å². The predicted octanol–water partition coefficient (Wildman–Crippen LogP) is 1.23. The maximum absolute atomic E-state index is 12.5. The molecule has 0 saturated heterocycles. The number of fused-ring (bicyclic) bond motifs is 1. The standard InChI is InChI=1S/C21H29N3O3/c1-4-26-18-10-15-8-9-24(12-16(15)11-19(18)27-5-2)13-20(25)23-21(3,14-22)17-6-7-17/h10-11,17H,4-9,12-13H2,1-3H3,(H,23,25)/p+1/t21-/m0/s1. The predicted molar refractivity (Wildman–Crippen MR) is 102 cm³/mol. The van der Waals surface area contributed by atoms with Gasteiger partial charge in [0.1, 0.15) is 12.1 Å². The van der Waals surface area contributed by atoms with E-state index in [0.29, 0.717) is 25.7 Å². The Bertz CT molecular complexity index is 739. The molecule has 1 aliphatic heterocycles. The van der Waals surface area contributed by atoms with Gasteiger partial charge in [0.05, 0.1) is 25.8 Å². The van der Waals surface area contributed by atoms with E-state index >= 15 is 0 Å². The molecular formula is C21H30N3O3+. The summed E-state index contributed by atoms with van der Waals surface area (Å²) >= 11 is 0. The van der Waals surface area contributed by atoms with Crippen molar-refractivity contribution >= 4 is 5.91 Å². The molecule has 2 atom stereocenters. The molecule has 1 unspecified atom stereocenters. The van der Waals surface area contributed by atoms with Gasteiger partial charge in [-0.2, -0.15) is 5.26 Å². The third kappa shape index (κ3) is 4.54. The minimum absolute atomic E-state index is 0.0413. The van der Waals surface area contributed by atoms with Gasteiger partial charge in [0.15, 0.2) is 18.0 Å². The lowest BCUT2D eigenvalue weighted by molar-refractivity contribution is -0.908. The number of amides is 1. The van der Waals surface area contributed by atoms with Crippen molar-refractivity contribution in [3.8, 4) is 17.6 Å². The van der Waals surface area contributed by atoms with Crippen LogP contribution in [0.25, 0.3) is 0 Å². The number of hydrogen-bond acceptors (Lipinski definition) is 4. The molecule has 1 aromatic rings. The van der Waals surface area contributed by atoms with Gasteiger partial charge in [0, 0.05) is 12.0 Å². The van der Waals surface area contributed by atoms with Crippen molar-refractivity contribution in [1.82, 2.24) is 5.32 Å². The van der Waals surface area contributed by atoms with E-state index in [1.807, 2.05) is 20.8 Å². The highest BCUT2D eigenvalue weighted by molar-refractivity contribution is 5.78. The Morgan fingerprint density at radius 3 is 2.44 bits per heavy atom. The van der Waals surface area contributed by atoms with E-state index in [1.54, 1.807) is 0 Å². The van der Waals surface area contributed by atoms with E-state index in [-0.39, 0.29) is 5.91 Å². The molecule has 2 aliphatic rings. The zero-order chi connectivity index (χ0) is 19.4. The van der Waals surface area contributed by atoms with Crippen LogP contribution in [-0.2, 0) is 17.8 Å². The maximum Gasteiger partial charge on any atom is 0.276 e. The number of carbonyl (C=O) groups excluding carboxylic acids is 1. The van der Waals surface area contributed by atoms with Gasteiger partial charge < -0.3 is 19.7 Å². The Morgan fingerprint density at radius 1 is 1.26 bits per heavy atom. The third-order valence-electron chi connectivity index (χ3n) is 5.49. The van der Waals surface area contributed by atoms with Crippen LogP contribution in [0.5, 0.6) is 11.5 Å². The zero-order valence-corrected chi connectivity index (χ0v) is 16.6. The number of benzene rings is 1. The van der Waals surface area contributed by atoms with Crippen molar-refractivity contribution in [2.24, 2.45) is 5.92 Å². The smallest absolute Gasteiger partial charge is 0.276 e. The van der Waals surface area contributed by atoms with E-state index < -0.39 is 5.54 Å². The molecule has 6 heteroatoms. The Balaban J connectivity index is 1.66. The van der Waals surface area contributed by atoms with Crippen LogP contribution in [0.4, 0.5) is 0 Å². The second kappa shape index (κ2) is 8.18. The third-order valence-corrected chi connectivity index (χ3v) is 5.49. The van der Waals surface area contributed by atoms with Gasteiger partial charge in [0.25, 0.3) is 5.91 Å². The van der Waals surface area contributed by atoms with Gasteiger partial charge in [-0.05, 0) is 57.2 Å². The molecule has 3 rings (SSSR count). The Kier molecular flexibility index (Phi) is 5.91. The molecule has 0 bridgehead atoms. The van der Waals surface area contributed by atoms with Crippen molar-refractivity contribution in [2.45, 2.75) is 52.1 Å². The number of ether oxygens (including phenoxy) is 2. The van der Waals surface area contributed by atoms with E-state index in [4.69, 9.17) is 9.47 Å². The van der Waals surface area contributed by atoms with Crippen LogP contribution in [0.1, 0.15) is 44.7 Å². The maximum atomic E-state index is 12.5. The van der Waals surface area contributed by atoms with E-state index in [9.17, 15) is 10.1 Å². The quantitative estimate of drug-likeness (QED) is 0.720. The summed E-state index contributed by atoms with van der Waals surface area (Å²) in [7, 11) is 0. The van der Waals surface area contributed by atoms with Gasteiger partial charge in [-0.25, -0.2) is 0 Å². The fourth-order valence-electron chi connectivity index (χ4n) is 3.84. The number of rotatable bonds is 8. The van der Waals surface area contributed by atoms with E-state index in [2.05, 4.69) is 23.5 Å². The minimum atomic E-state index is -0.723. The van der Waals surface area contributed by atoms with Crippen LogP contribution in [0.15, 0.2) is 12.1 Å². The molecule has 1 aromatic carbocycles. The zero-order valence-electron chi connectivity index (χ0n) is 16.6. The second-order valence-corrected chi connectivity index (χ2v) is 7.67. The molecule has 0 spiro atoms. The normalized spacial score (nSPS) is 20.7. The Labute approximate surface area is 161 Å². The molecule has 1 fully saturated rings. The first-order chi connectivity index (χ1) is 13.0. The molecule has 27 heavy (non-hydrogen) atoms. The molecule has 1 amide bonds. The van der Waals surface area contributed by atoms with Crippen LogP contribution >= 0.6 is 0 Å². The summed E-state index contributed by atoms with van der Waals surface area (Å²) in [6, 6.07) is 6.44. The molecule has 2 N–H and O–H groups in total. The summed E-state index contributed by atoms with van der Waals surface area (Å²) in [5.74, 6) is 1.83. The summed E-state index contributed by atoms with van der Waals surface area (Å²) in [5.41, 5.74) is 1.76. The summed E-state index contributed by atoms with van der Waals surface area (Å²) in [5, 5.41) is 12.4. The summed E-state index contributed by atoms with van der Waals surface area (Å²) in [6.45, 7) is 9.03. The molecule has 146 valence electrons. The minimum Gasteiger partial charge on any atom is -0.490 e. The molecule has 1 aliphatic carbocycles. The highest BCUT2D eigenvalue weighted by atomic mass is 16.5. The number of carbonyl (C=O) groups is 1. The molecular weight excluding hydrogens is 342 g/mol. The molecule has 0 radical (unpaired) electrons. The number of quaternary nitrogens is 1. The molecule has 0 aromatic heterocycles. The van der Waals surface area contributed by atoms with Crippen molar-refractivity contribution in [2.75, 3.05) is 26.3 Å². The lowest BCUT2D eigenvalue weighted by Crippen LogP contribution is -3.13. The number of nitriles is 1. The van der Waals surface area contributed by atoms with Crippen LogP contribution in [-0.4, -0.2) is 37.7 Å². The van der Waals surface area contributed by atoms with E-state index in [1.165, 1.54) is 16.0 Å². The van der Waals surface area contributed by atoms with Crippen molar-refractivity contribution < 1.29 is 19.2 Å². The summed E-state index contributed by atoms with van der Waals surface area (Å²) in [6.07, 6.45) is 2.95. The SMILES string of the molecule is CCOc1cc2c(cc1OCC)C[NH+](CC(=O)N[C@@](C)(C#N)C1CC1)CC2. The number of nitrogens with zero attached hydrogens (tertiary/aromatic N) is 1. The summed E-state index contributed by atoms with van der Waals surface area (Å²) < 4.78 is 11.5. The topological polar surface area (TPSA) is 75.8 Å².